The molecule has 0 N–H and O–H groups in total. The summed E-state index contributed by atoms with van der Waals surface area (Å²) in [5.41, 5.74) is 0.429. The topological polar surface area (TPSA) is 83.6 Å². The first-order valence-electron chi connectivity index (χ1n) is 11.4. The lowest BCUT2D eigenvalue weighted by Gasteiger charge is -2.42. The summed E-state index contributed by atoms with van der Waals surface area (Å²) in [5, 5.41) is 0. The fourth-order valence-corrected chi connectivity index (χ4v) is 5.66. The number of benzene rings is 1. The molecule has 1 saturated carbocycles. The normalized spacial score (nSPS) is 40.4. The number of methoxy groups -OCH3 is 1. The third-order valence-electron chi connectivity index (χ3n) is 7.53. The Kier molecular flexibility index (Phi) is 5.60. The smallest absolute Gasteiger partial charge is 0.331 e. The van der Waals surface area contributed by atoms with Crippen molar-refractivity contribution in [3.8, 4) is 0 Å². The molecule has 3 saturated heterocycles. The Hall–Kier alpha value is -2.22. The summed E-state index contributed by atoms with van der Waals surface area (Å²) in [7, 11) is 1.42. The molecule has 7 heteroatoms. The molecule has 0 aromatic heterocycles. The van der Waals surface area contributed by atoms with Gasteiger partial charge in [-0.1, -0.05) is 37.3 Å². The van der Waals surface area contributed by atoms with E-state index in [0.717, 1.165) is 18.4 Å². The second-order valence-electron chi connectivity index (χ2n) is 9.44. The predicted molar refractivity (Wildman–Crippen MR) is 114 cm³/mol. The molecule has 32 heavy (non-hydrogen) atoms. The molecule has 4 aliphatic rings. The average molecular weight is 443 g/mol. The summed E-state index contributed by atoms with van der Waals surface area (Å²) in [4.78, 5) is 24.6. The van der Waals surface area contributed by atoms with Gasteiger partial charge in [0.25, 0.3) is 0 Å². The van der Waals surface area contributed by atoms with Crippen molar-refractivity contribution in [1.29, 1.82) is 0 Å². The van der Waals surface area contributed by atoms with Crippen LogP contribution in [0.2, 0.25) is 0 Å². The van der Waals surface area contributed by atoms with Gasteiger partial charge in [0, 0.05) is 24.3 Å². The van der Waals surface area contributed by atoms with Gasteiger partial charge in [-0.25, -0.2) is 4.79 Å². The summed E-state index contributed by atoms with van der Waals surface area (Å²) >= 11 is 0. The van der Waals surface area contributed by atoms with Crippen LogP contribution in [0.3, 0.4) is 0 Å². The lowest BCUT2D eigenvalue weighted by atomic mass is 9.72. The van der Waals surface area contributed by atoms with Crippen LogP contribution in [0, 0.1) is 17.8 Å². The summed E-state index contributed by atoms with van der Waals surface area (Å²) in [5.74, 6) is -1.45. The van der Waals surface area contributed by atoms with Crippen LogP contribution < -0.4 is 0 Å². The summed E-state index contributed by atoms with van der Waals surface area (Å²) in [6.45, 7) is 3.01. The van der Waals surface area contributed by atoms with Crippen molar-refractivity contribution in [3.63, 3.8) is 0 Å². The van der Waals surface area contributed by atoms with Crippen LogP contribution in [-0.2, 0) is 33.3 Å². The minimum atomic E-state index is -0.937. The molecule has 7 unspecified atom stereocenters. The lowest BCUT2D eigenvalue weighted by Crippen LogP contribution is -2.55. The Morgan fingerprint density at radius 1 is 1.16 bits per heavy atom. The van der Waals surface area contributed by atoms with E-state index in [1.165, 1.54) is 13.2 Å². The number of hydrogen-bond donors (Lipinski definition) is 0. The molecular weight excluding hydrogens is 412 g/mol. The second kappa shape index (κ2) is 8.28. The number of fused-ring (bicyclic) bond motifs is 3. The number of esters is 2. The molecule has 3 heterocycles. The van der Waals surface area contributed by atoms with Gasteiger partial charge in [0.1, 0.15) is 6.10 Å². The van der Waals surface area contributed by atoms with Crippen LogP contribution in [0.4, 0.5) is 0 Å². The van der Waals surface area contributed by atoms with E-state index in [1.807, 2.05) is 37.3 Å². The first-order valence-corrected chi connectivity index (χ1v) is 11.4. The van der Waals surface area contributed by atoms with Crippen LogP contribution in [0.25, 0.3) is 6.08 Å². The Morgan fingerprint density at radius 3 is 2.66 bits per heavy atom. The Balaban J connectivity index is 1.29. The van der Waals surface area contributed by atoms with Gasteiger partial charge in [-0.2, -0.15) is 0 Å². The summed E-state index contributed by atoms with van der Waals surface area (Å²) in [6.07, 6.45) is 5.37. The van der Waals surface area contributed by atoms with Gasteiger partial charge in [0.05, 0.1) is 32.3 Å². The van der Waals surface area contributed by atoms with Gasteiger partial charge in [0.2, 0.25) is 5.79 Å². The quantitative estimate of drug-likeness (QED) is 0.402. The number of ether oxygens (including phenoxy) is 5. The van der Waals surface area contributed by atoms with Crippen molar-refractivity contribution in [1.82, 2.24) is 0 Å². The molecule has 4 fully saturated rings. The predicted octanol–water partition coefficient (Wildman–Crippen LogP) is 3.12. The zero-order valence-corrected chi connectivity index (χ0v) is 18.5. The molecule has 7 nitrogen and oxygen atoms in total. The minimum absolute atomic E-state index is 0.0412. The largest absolute Gasteiger partial charge is 0.469 e. The maximum absolute atomic E-state index is 12.5. The molecule has 0 amide bonds. The van der Waals surface area contributed by atoms with Crippen LogP contribution in [0.1, 0.15) is 38.2 Å². The highest BCUT2D eigenvalue weighted by Crippen LogP contribution is 2.62. The van der Waals surface area contributed by atoms with E-state index in [4.69, 9.17) is 23.7 Å². The molecule has 1 aromatic carbocycles. The summed E-state index contributed by atoms with van der Waals surface area (Å²) < 4.78 is 29.6. The van der Waals surface area contributed by atoms with Crippen LogP contribution in [0.15, 0.2) is 36.4 Å². The summed E-state index contributed by atoms with van der Waals surface area (Å²) in [6, 6.07) is 9.64. The molecule has 1 aliphatic carbocycles. The first-order chi connectivity index (χ1) is 15.5. The Labute approximate surface area is 188 Å². The highest BCUT2D eigenvalue weighted by atomic mass is 16.8. The van der Waals surface area contributed by atoms with Crippen molar-refractivity contribution in [3.05, 3.63) is 42.0 Å². The van der Waals surface area contributed by atoms with Crippen molar-refractivity contribution >= 4 is 18.0 Å². The Morgan fingerprint density at radius 2 is 1.94 bits per heavy atom. The molecule has 3 aliphatic heterocycles. The van der Waals surface area contributed by atoms with Gasteiger partial charge in [-0.05, 0) is 30.9 Å². The van der Waals surface area contributed by atoms with Crippen LogP contribution in [0.5, 0.6) is 0 Å². The highest BCUT2D eigenvalue weighted by molar-refractivity contribution is 5.87. The molecule has 0 bridgehead atoms. The van der Waals surface area contributed by atoms with Crippen molar-refractivity contribution < 1.29 is 33.3 Å². The number of carbonyl (C=O) groups is 2. The molecular formula is C25H30O7. The van der Waals surface area contributed by atoms with Gasteiger partial charge in [0.15, 0.2) is 5.60 Å². The van der Waals surface area contributed by atoms with E-state index in [2.05, 4.69) is 0 Å². The van der Waals surface area contributed by atoms with Crippen LogP contribution >= 0.6 is 0 Å². The lowest BCUT2D eigenvalue weighted by molar-refractivity contribution is -0.293. The second-order valence-corrected chi connectivity index (χ2v) is 9.44. The van der Waals surface area contributed by atoms with E-state index < -0.39 is 11.4 Å². The number of rotatable bonds is 4. The molecule has 0 radical (unpaired) electrons. The van der Waals surface area contributed by atoms with E-state index >= 15 is 0 Å². The molecule has 5 rings (SSSR count). The average Bonchev–Trinajstić information content (AvgIpc) is 3.58. The van der Waals surface area contributed by atoms with E-state index in [-0.39, 0.29) is 41.9 Å². The zero-order chi connectivity index (χ0) is 22.3. The van der Waals surface area contributed by atoms with Crippen molar-refractivity contribution in [2.45, 2.75) is 56.2 Å². The third kappa shape index (κ3) is 3.66. The maximum atomic E-state index is 12.5. The maximum Gasteiger partial charge on any atom is 0.331 e. The number of carbonyl (C=O) groups excluding carboxylic acids is 2. The highest BCUT2D eigenvalue weighted by Gasteiger charge is 2.76. The number of epoxide rings is 1. The van der Waals surface area contributed by atoms with E-state index in [1.54, 1.807) is 6.08 Å². The Bertz CT molecular complexity index is 893. The van der Waals surface area contributed by atoms with Crippen molar-refractivity contribution in [2.75, 3.05) is 20.3 Å². The standard InChI is InChI=1S/C25H30O7/c1-16-14-29-25(13-21(16)31-22(26)11-8-17-6-4-3-5-7-17)24(15-30-24)19-10-9-18(23(27)28-2)12-20(19)32-25/h3-8,11,16,18-21H,9-10,12-15H2,1-2H3/b11-8+. The van der Waals surface area contributed by atoms with Gasteiger partial charge >= 0.3 is 11.9 Å². The van der Waals surface area contributed by atoms with Gasteiger partial charge in [-0.15, -0.1) is 0 Å². The van der Waals surface area contributed by atoms with Gasteiger partial charge in [-0.3, -0.25) is 4.79 Å². The zero-order valence-electron chi connectivity index (χ0n) is 18.5. The number of hydrogen-bond acceptors (Lipinski definition) is 7. The molecule has 2 spiro atoms. The SMILES string of the molecule is COC(=O)C1CCC2C(C1)OC1(CC(OC(=O)/C=C/c3ccccc3)C(C)CO1)C21CO1. The minimum Gasteiger partial charge on any atom is -0.469 e. The molecule has 1 aromatic rings. The molecule has 7 atom stereocenters. The first kappa shape index (κ1) is 21.6. The fourth-order valence-electron chi connectivity index (χ4n) is 5.66. The van der Waals surface area contributed by atoms with Crippen LogP contribution in [-0.4, -0.2) is 55.9 Å². The van der Waals surface area contributed by atoms with E-state index in [9.17, 15) is 9.59 Å². The van der Waals surface area contributed by atoms with Gasteiger partial charge < -0.3 is 23.7 Å². The molecule has 172 valence electrons. The van der Waals surface area contributed by atoms with E-state index in [0.29, 0.717) is 26.1 Å². The van der Waals surface area contributed by atoms with Crippen molar-refractivity contribution in [2.24, 2.45) is 17.8 Å². The fraction of sp³-hybridized carbons (Fsp3) is 0.600. The third-order valence-corrected chi connectivity index (χ3v) is 7.53. The monoisotopic (exact) mass is 442 g/mol.